The van der Waals surface area contributed by atoms with E-state index >= 15 is 0 Å². The number of aliphatic hydroxyl groups excluding tert-OH is 1. The van der Waals surface area contributed by atoms with Gasteiger partial charge in [-0.05, 0) is 45.7 Å². The number of aliphatic hydroxyl groups is 1. The van der Waals surface area contributed by atoms with E-state index in [1.807, 2.05) is 13.8 Å². The van der Waals surface area contributed by atoms with Crippen molar-refractivity contribution >= 4 is 40.5 Å². The first-order valence-electron chi connectivity index (χ1n) is 17.9. The predicted molar refractivity (Wildman–Crippen MR) is 211 cm³/mol. The summed E-state index contributed by atoms with van der Waals surface area (Å²) in [7, 11) is -4.72. The zero-order valence-electron chi connectivity index (χ0n) is 33.6. The van der Waals surface area contributed by atoms with E-state index in [2.05, 4.69) is 20.1 Å². The summed E-state index contributed by atoms with van der Waals surface area (Å²) >= 11 is 5.37. The number of hydrogen-bond acceptors (Lipinski definition) is 22. The van der Waals surface area contributed by atoms with Crippen molar-refractivity contribution < 1.29 is 79.7 Å². The maximum Gasteiger partial charge on any atom is 0.472 e. The number of phosphoric ester groups is 2. The van der Waals surface area contributed by atoms with Gasteiger partial charge in [0.25, 0.3) is 0 Å². The number of allylic oxidation sites excluding steroid dienone is 1. The summed E-state index contributed by atoms with van der Waals surface area (Å²) in [5.74, 6) is 0.494. The molecule has 24 nitrogen and oxygen atoms in total. The number of nitrogens with zero attached hydrogens (tertiary/aromatic N) is 2. The van der Waals surface area contributed by atoms with E-state index in [-0.39, 0.29) is 19.6 Å². The SMILES string of the molecule is COC(COP(=O)(O)OC1C(COP(O)(=S)OC2CC(N(C)C3=C(N)C(N)N=CN3)OC2C)OCC1(CNC=C(C)C)OC)C(OP(=O)(O)OC)C(N)O[C@@H](C)CO. The van der Waals surface area contributed by atoms with Gasteiger partial charge in [-0.2, -0.15) is 0 Å². The minimum absolute atomic E-state index is 0.00662. The molecule has 28 heteroatoms. The van der Waals surface area contributed by atoms with Crippen LogP contribution in [0.2, 0.25) is 0 Å². The largest absolute Gasteiger partial charge is 0.472 e. The van der Waals surface area contributed by atoms with Crippen molar-refractivity contribution in [1.29, 1.82) is 0 Å². The normalized spacial score (nSPS) is 31.3. The highest BCUT2D eigenvalue weighted by molar-refractivity contribution is 8.07. The minimum Gasteiger partial charge on any atom is -0.396 e. The molecule has 13 unspecified atom stereocenters. The number of rotatable bonds is 25. The number of phosphoric acid groups is 2. The molecule has 0 amide bonds. The molecule has 12 N–H and O–H groups in total. The third-order valence-corrected chi connectivity index (χ3v) is 12.7. The fraction of sp³-hybridized carbons (Fsp3) is 0.833. The van der Waals surface area contributed by atoms with Crippen molar-refractivity contribution in [2.24, 2.45) is 22.2 Å². The zero-order chi connectivity index (χ0) is 43.6. The average Bonchev–Trinajstić information content (AvgIpc) is 3.69. The number of ether oxygens (including phenoxy) is 5. The second kappa shape index (κ2) is 22.2. The standard InChI is InChI=1S/C30H60N7O17P3S/c1-17(2)10-34-14-30(45-7)15-47-22(13-49-57(43,58)52-20-9-23(51-19(20)4)37(5)29-24(31)27(32)35-16-36-29)26(30)54-56(41,42)48-12-21(44-6)25(53-55(39,40)46-8)28(33)50-18(3)11-38/h10,16,18-23,25-28,34,38H,9,11-15,31-33H2,1-8H3,(H,35,36)(H,39,40)(H,41,42)(H,43,58)/t18-,19?,20?,21?,22?,23?,25?,26?,27?,28?,30?,57?/m0/s1. The van der Waals surface area contributed by atoms with Crippen LogP contribution in [0.25, 0.3) is 0 Å². The van der Waals surface area contributed by atoms with Gasteiger partial charge in [0, 0.05) is 41.3 Å². The monoisotopic (exact) mass is 915 g/mol. The molecule has 3 aliphatic rings. The molecular formula is C30H60N7O17P3S. The summed E-state index contributed by atoms with van der Waals surface area (Å²) in [6.07, 6.45) is -7.25. The van der Waals surface area contributed by atoms with Gasteiger partial charge in [0.2, 0.25) is 0 Å². The van der Waals surface area contributed by atoms with E-state index in [1.54, 1.807) is 25.1 Å². The number of nitrogens with one attached hydrogen (secondary N) is 2. The van der Waals surface area contributed by atoms with Crippen LogP contribution in [0.5, 0.6) is 0 Å². The Morgan fingerprint density at radius 1 is 1.21 bits per heavy atom. The molecule has 3 aliphatic heterocycles. The van der Waals surface area contributed by atoms with Crippen LogP contribution in [-0.4, -0.2) is 159 Å². The van der Waals surface area contributed by atoms with E-state index in [1.165, 1.54) is 20.4 Å². The van der Waals surface area contributed by atoms with Crippen molar-refractivity contribution in [3.63, 3.8) is 0 Å². The molecule has 0 bridgehead atoms. The van der Waals surface area contributed by atoms with Gasteiger partial charge in [-0.3, -0.25) is 23.1 Å². The Balaban J connectivity index is 1.77. The minimum atomic E-state index is -5.13. The third-order valence-electron chi connectivity index (χ3n) is 9.18. The summed E-state index contributed by atoms with van der Waals surface area (Å²) < 4.78 is 86.9. The maximum absolute atomic E-state index is 13.7. The highest BCUT2D eigenvalue weighted by atomic mass is 32.5. The lowest BCUT2D eigenvalue weighted by Gasteiger charge is -2.35. The summed E-state index contributed by atoms with van der Waals surface area (Å²) in [5.41, 5.74) is 17.9. The van der Waals surface area contributed by atoms with E-state index < -0.39 is 109 Å². The molecule has 338 valence electrons. The first kappa shape index (κ1) is 51.1. The predicted octanol–water partition coefficient (Wildman–Crippen LogP) is -0.655. The highest BCUT2D eigenvalue weighted by Crippen LogP contribution is 2.52. The highest BCUT2D eigenvalue weighted by Gasteiger charge is 2.55. The molecule has 14 atom stereocenters. The smallest absolute Gasteiger partial charge is 0.396 e. The molecule has 0 aromatic carbocycles. The van der Waals surface area contributed by atoms with Crippen molar-refractivity contribution in [3.05, 3.63) is 23.3 Å². The average molecular weight is 916 g/mol. The lowest BCUT2D eigenvalue weighted by Crippen LogP contribution is -2.53. The molecule has 0 spiro atoms. The van der Waals surface area contributed by atoms with Gasteiger partial charge in [-0.15, -0.1) is 0 Å². The van der Waals surface area contributed by atoms with Gasteiger partial charge in [-0.25, -0.2) is 9.13 Å². The Hall–Kier alpha value is -1.22. The molecule has 0 saturated carbocycles. The molecule has 0 aliphatic carbocycles. The second-order valence-corrected chi connectivity index (χ2v) is 19.5. The number of nitrogens with two attached hydrogens (primary N) is 3. The van der Waals surface area contributed by atoms with E-state index in [4.69, 9.17) is 75.3 Å². The Morgan fingerprint density at radius 3 is 2.50 bits per heavy atom. The summed E-state index contributed by atoms with van der Waals surface area (Å²) in [6.45, 7) is 0.928. The Morgan fingerprint density at radius 2 is 1.90 bits per heavy atom. The second-order valence-electron chi connectivity index (χ2n) is 13.8. The molecule has 2 saturated heterocycles. The van der Waals surface area contributed by atoms with Gasteiger partial charge < -0.3 is 85.3 Å². The van der Waals surface area contributed by atoms with E-state index in [0.29, 0.717) is 11.5 Å². The van der Waals surface area contributed by atoms with Gasteiger partial charge >= 0.3 is 22.4 Å². The van der Waals surface area contributed by atoms with Crippen molar-refractivity contribution in [2.75, 3.05) is 61.3 Å². The lowest BCUT2D eigenvalue weighted by atomic mass is 9.96. The molecule has 58 heavy (non-hydrogen) atoms. The maximum atomic E-state index is 13.7. The van der Waals surface area contributed by atoms with Crippen LogP contribution in [0.4, 0.5) is 0 Å². The summed E-state index contributed by atoms with van der Waals surface area (Å²) in [4.78, 5) is 38.1. The zero-order valence-corrected chi connectivity index (χ0v) is 37.1. The molecule has 0 aromatic rings. The molecule has 0 radical (unpaired) electrons. The third kappa shape index (κ3) is 14.4. The number of hydrogen-bond donors (Lipinski definition) is 9. The number of aliphatic imine (C=N–C) groups is 1. The topological polar surface area (TPSA) is 334 Å². The molecular weight excluding hydrogens is 855 g/mol. The quantitative estimate of drug-likeness (QED) is 0.0406. The van der Waals surface area contributed by atoms with Gasteiger partial charge in [0.15, 0.2) is 0 Å². The summed E-state index contributed by atoms with van der Waals surface area (Å²) in [5, 5.41) is 15.4. The van der Waals surface area contributed by atoms with Gasteiger partial charge in [0.1, 0.15) is 54.5 Å². The van der Waals surface area contributed by atoms with Crippen LogP contribution in [0.1, 0.15) is 34.1 Å². The van der Waals surface area contributed by atoms with Crippen LogP contribution in [0, 0.1) is 0 Å². The van der Waals surface area contributed by atoms with Crippen LogP contribution >= 0.6 is 22.4 Å². The Bertz CT molecular complexity index is 1580. The lowest BCUT2D eigenvalue weighted by molar-refractivity contribution is -0.131. The Labute approximate surface area is 343 Å². The van der Waals surface area contributed by atoms with Gasteiger partial charge in [0.05, 0.1) is 56.8 Å². The van der Waals surface area contributed by atoms with Crippen LogP contribution in [-0.2, 0) is 71.8 Å². The molecule has 3 rings (SSSR count). The molecule has 0 aromatic heterocycles. The van der Waals surface area contributed by atoms with Gasteiger partial charge in [-0.1, -0.05) is 5.57 Å². The first-order valence-corrected chi connectivity index (χ1v) is 23.5. The fourth-order valence-electron chi connectivity index (χ4n) is 5.91. The van der Waals surface area contributed by atoms with Crippen molar-refractivity contribution in [2.45, 2.75) is 101 Å². The number of methoxy groups -OCH3 is 2. The van der Waals surface area contributed by atoms with E-state index in [9.17, 15) is 28.9 Å². The molecule has 3 heterocycles. The molecule has 2 fully saturated rings. The van der Waals surface area contributed by atoms with Crippen molar-refractivity contribution in [1.82, 2.24) is 15.5 Å². The fourth-order valence-corrected chi connectivity index (χ4v) is 9.08. The van der Waals surface area contributed by atoms with Crippen molar-refractivity contribution in [3.8, 4) is 0 Å². The van der Waals surface area contributed by atoms with Crippen LogP contribution < -0.4 is 27.8 Å². The first-order chi connectivity index (χ1) is 27.0. The Kier molecular flexibility index (Phi) is 19.6. The van der Waals surface area contributed by atoms with Crippen LogP contribution in [0.3, 0.4) is 0 Å². The van der Waals surface area contributed by atoms with Crippen LogP contribution in [0.15, 0.2) is 28.3 Å². The van der Waals surface area contributed by atoms with E-state index in [0.717, 1.165) is 19.8 Å². The summed E-state index contributed by atoms with van der Waals surface area (Å²) in [6, 6.07) is 0.